The lowest BCUT2D eigenvalue weighted by molar-refractivity contribution is -0.385. The summed E-state index contributed by atoms with van der Waals surface area (Å²) in [6.07, 6.45) is 0. The van der Waals surface area contributed by atoms with Gasteiger partial charge < -0.3 is 10.6 Å². The second-order valence-electron chi connectivity index (χ2n) is 6.34. The second kappa shape index (κ2) is 8.62. The van der Waals surface area contributed by atoms with Crippen molar-refractivity contribution in [1.29, 1.82) is 0 Å². The van der Waals surface area contributed by atoms with E-state index in [0.29, 0.717) is 16.9 Å². The van der Waals surface area contributed by atoms with Crippen molar-refractivity contribution in [2.75, 3.05) is 15.4 Å². The average Bonchev–Trinajstić information content (AvgIpc) is 2.68. The Labute approximate surface area is 173 Å². The summed E-state index contributed by atoms with van der Waals surface area (Å²) in [5.74, 6) is 0. The molecule has 0 radical (unpaired) electrons. The molecule has 0 aromatic heterocycles. The van der Waals surface area contributed by atoms with Gasteiger partial charge in [0.05, 0.1) is 15.5 Å². The molecule has 2 amide bonds. The topological polar surface area (TPSA) is 130 Å². The van der Waals surface area contributed by atoms with Gasteiger partial charge in [0.15, 0.2) is 0 Å². The third kappa shape index (κ3) is 5.11. The summed E-state index contributed by atoms with van der Waals surface area (Å²) in [7, 11) is -4.08. The summed E-state index contributed by atoms with van der Waals surface area (Å²) in [6, 6.07) is 18.1. The summed E-state index contributed by atoms with van der Waals surface area (Å²) in [4.78, 5) is 22.2. The summed E-state index contributed by atoms with van der Waals surface area (Å²) < 4.78 is 27.9. The van der Waals surface area contributed by atoms with Gasteiger partial charge in [0, 0.05) is 23.5 Å². The van der Waals surface area contributed by atoms with Gasteiger partial charge in [-0.15, -0.1) is 0 Å². The van der Waals surface area contributed by atoms with E-state index in [4.69, 9.17) is 0 Å². The number of anilines is 3. The number of nitrogens with one attached hydrogen (secondary N) is 3. The minimum Gasteiger partial charge on any atom is -0.308 e. The number of nitro benzene ring substituents is 1. The van der Waals surface area contributed by atoms with E-state index in [-0.39, 0.29) is 16.3 Å². The molecule has 0 saturated carbocycles. The Hall–Kier alpha value is -3.92. The molecular weight excluding hydrogens is 408 g/mol. The molecule has 3 N–H and O–H groups in total. The Morgan fingerprint density at radius 3 is 2.20 bits per heavy atom. The van der Waals surface area contributed by atoms with Gasteiger partial charge in [0.1, 0.15) is 0 Å². The number of hydrogen-bond acceptors (Lipinski definition) is 5. The van der Waals surface area contributed by atoms with Crippen LogP contribution in [0.4, 0.5) is 27.5 Å². The summed E-state index contributed by atoms with van der Waals surface area (Å²) in [5, 5.41) is 16.2. The normalized spacial score (nSPS) is 10.8. The van der Waals surface area contributed by atoms with Crippen molar-refractivity contribution < 1.29 is 18.1 Å². The summed E-state index contributed by atoms with van der Waals surface area (Å²) >= 11 is 0. The Morgan fingerprint density at radius 2 is 1.50 bits per heavy atom. The first-order valence-corrected chi connectivity index (χ1v) is 10.2. The molecule has 9 nitrogen and oxygen atoms in total. The van der Waals surface area contributed by atoms with E-state index in [0.717, 1.165) is 6.07 Å². The van der Waals surface area contributed by atoms with Crippen molar-refractivity contribution >= 4 is 38.8 Å². The fraction of sp³-hybridized carbons (Fsp3) is 0.0500. The summed E-state index contributed by atoms with van der Waals surface area (Å²) in [6.45, 7) is 1.55. The maximum Gasteiger partial charge on any atom is 0.323 e. The monoisotopic (exact) mass is 426 g/mol. The number of para-hydroxylation sites is 1. The highest BCUT2D eigenvalue weighted by molar-refractivity contribution is 7.92. The minimum atomic E-state index is -4.08. The number of non-ortho nitro benzene ring substituents is 1. The smallest absolute Gasteiger partial charge is 0.308 e. The van der Waals surface area contributed by atoms with Crippen LogP contribution in [0.5, 0.6) is 0 Å². The highest BCUT2D eigenvalue weighted by Gasteiger charge is 2.21. The second-order valence-corrected chi connectivity index (χ2v) is 7.99. The van der Waals surface area contributed by atoms with Crippen molar-refractivity contribution in [3.05, 3.63) is 88.5 Å². The van der Waals surface area contributed by atoms with Gasteiger partial charge in [0.2, 0.25) is 0 Å². The van der Waals surface area contributed by atoms with E-state index >= 15 is 0 Å². The van der Waals surface area contributed by atoms with E-state index in [2.05, 4.69) is 15.4 Å². The molecule has 3 aromatic carbocycles. The Morgan fingerprint density at radius 1 is 0.867 bits per heavy atom. The molecule has 0 aliphatic carbocycles. The lowest BCUT2D eigenvalue weighted by Gasteiger charge is -2.12. The molecule has 3 aromatic rings. The van der Waals surface area contributed by atoms with Crippen LogP contribution in [0.25, 0.3) is 0 Å². The Kier molecular flexibility index (Phi) is 5.98. The van der Waals surface area contributed by atoms with Crippen LogP contribution in [0.15, 0.2) is 77.7 Å². The molecule has 0 saturated heterocycles. The van der Waals surface area contributed by atoms with E-state index < -0.39 is 21.0 Å². The first-order valence-electron chi connectivity index (χ1n) is 8.75. The van der Waals surface area contributed by atoms with Crippen LogP contribution in [0, 0.1) is 17.0 Å². The first-order chi connectivity index (χ1) is 14.2. The zero-order valence-corrected chi connectivity index (χ0v) is 16.6. The number of nitrogens with zero attached hydrogens (tertiary/aromatic N) is 1. The van der Waals surface area contributed by atoms with Gasteiger partial charge >= 0.3 is 6.03 Å². The fourth-order valence-electron chi connectivity index (χ4n) is 2.68. The number of sulfonamides is 1. The van der Waals surface area contributed by atoms with Crippen LogP contribution in [0.1, 0.15) is 5.56 Å². The predicted molar refractivity (Wildman–Crippen MR) is 114 cm³/mol. The minimum absolute atomic E-state index is 0.193. The fourth-order valence-corrected chi connectivity index (χ4v) is 3.99. The van der Waals surface area contributed by atoms with Crippen molar-refractivity contribution in [3.63, 3.8) is 0 Å². The molecule has 0 aliphatic rings. The predicted octanol–water partition coefficient (Wildman–Crippen LogP) is 4.35. The number of nitro groups is 1. The van der Waals surface area contributed by atoms with Crippen molar-refractivity contribution in [3.8, 4) is 0 Å². The zero-order valence-electron chi connectivity index (χ0n) is 15.8. The standard InChI is InChI=1S/C20H18N4O5S/c1-14-10-11-18(24(26)27)13-19(14)30(28,29)23-17-9-5-8-16(12-17)22-20(25)21-15-6-3-2-4-7-15/h2-13,23H,1H3,(H2,21,22,25). The molecule has 0 aliphatic heterocycles. The number of carbonyl (C=O) groups excluding carboxylic acids is 1. The van der Waals surface area contributed by atoms with E-state index in [1.165, 1.54) is 24.3 Å². The van der Waals surface area contributed by atoms with E-state index in [1.807, 2.05) is 6.07 Å². The molecule has 0 spiro atoms. The van der Waals surface area contributed by atoms with Gasteiger partial charge in [-0.3, -0.25) is 14.8 Å². The molecule has 0 unspecified atom stereocenters. The van der Waals surface area contributed by atoms with Crippen LogP contribution < -0.4 is 15.4 Å². The van der Waals surface area contributed by atoms with Crippen LogP contribution in [0.2, 0.25) is 0 Å². The van der Waals surface area contributed by atoms with Gasteiger partial charge in [-0.05, 0) is 42.8 Å². The SMILES string of the molecule is Cc1ccc([N+](=O)[O-])cc1S(=O)(=O)Nc1cccc(NC(=O)Nc2ccccc2)c1. The van der Waals surface area contributed by atoms with Gasteiger partial charge in [0.25, 0.3) is 15.7 Å². The number of benzene rings is 3. The number of hydrogen-bond donors (Lipinski definition) is 3. The zero-order chi connectivity index (χ0) is 21.7. The van der Waals surface area contributed by atoms with Crippen molar-refractivity contribution in [2.24, 2.45) is 0 Å². The molecule has 10 heteroatoms. The molecule has 154 valence electrons. The lowest BCUT2D eigenvalue weighted by atomic mass is 10.2. The Bertz CT molecular complexity index is 1200. The van der Waals surface area contributed by atoms with E-state index in [9.17, 15) is 23.3 Å². The maximum atomic E-state index is 12.7. The number of carbonyl (C=O) groups is 1. The first kappa shape index (κ1) is 20.8. The molecule has 0 bridgehead atoms. The van der Waals surface area contributed by atoms with Crippen LogP contribution in [-0.2, 0) is 10.0 Å². The number of urea groups is 1. The molecule has 0 atom stereocenters. The highest BCUT2D eigenvalue weighted by atomic mass is 32.2. The van der Waals surface area contributed by atoms with Crippen molar-refractivity contribution in [1.82, 2.24) is 0 Å². The number of rotatable bonds is 6. The molecule has 3 rings (SSSR count). The molecule has 0 heterocycles. The average molecular weight is 426 g/mol. The lowest BCUT2D eigenvalue weighted by Crippen LogP contribution is -2.19. The van der Waals surface area contributed by atoms with Crippen LogP contribution in [-0.4, -0.2) is 19.4 Å². The van der Waals surface area contributed by atoms with Crippen LogP contribution in [0.3, 0.4) is 0 Å². The number of aryl methyl sites for hydroxylation is 1. The highest BCUT2D eigenvalue weighted by Crippen LogP contribution is 2.25. The summed E-state index contributed by atoms with van der Waals surface area (Å²) in [5.41, 5.74) is 1.20. The number of amides is 2. The van der Waals surface area contributed by atoms with E-state index in [1.54, 1.807) is 43.3 Å². The van der Waals surface area contributed by atoms with Crippen molar-refractivity contribution in [2.45, 2.75) is 11.8 Å². The molecule has 0 fully saturated rings. The van der Waals surface area contributed by atoms with Gasteiger partial charge in [-0.1, -0.05) is 30.3 Å². The van der Waals surface area contributed by atoms with Gasteiger partial charge in [-0.2, -0.15) is 0 Å². The maximum absolute atomic E-state index is 12.7. The van der Waals surface area contributed by atoms with Crippen LogP contribution >= 0.6 is 0 Å². The van der Waals surface area contributed by atoms with Gasteiger partial charge in [-0.25, -0.2) is 13.2 Å². The molecule has 30 heavy (non-hydrogen) atoms. The quantitative estimate of drug-likeness (QED) is 0.398. The largest absolute Gasteiger partial charge is 0.323 e. The Balaban J connectivity index is 1.77. The third-order valence-corrected chi connectivity index (χ3v) is 5.60. The molecular formula is C20H18N4O5S. The third-order valence-electron chi connectivity index (χ3n) is 4.08.